The van der Waals surface area contributed by atoms with Gasteiger partial charge in [-0.3, -0.25) is 14.9 Å². The molecule has 1 aliphatic rings. The lowest BCUT2D eigenvalue weighted by atomic mass is 10.3. The van der Waals surface area contributed by atoms with Gasteiger partial charge in [-0.05, 0) is 30.8 Å². The van der Waals surface area contributed by atoms with Crippen molar-refractivity contribution in [1.29, 1.82) is 0 Å². The fourth-order valence-corrected chi connectivity index (χ4v) is 3.11. The molecule has 1 aromatic carbocycles. The predicted octanol–water partition coefficient (Wildman–Crippen LogP) is -0.355. The number of nitro groups is 1. The minimum atomic E-state index is -0.433. The van der Waals surface area contributed by atoms with Crippen LogP contribution in [0, 0.1) is 10.1 Å². The van der Waals surface area contributed by atoms with E-state index >= 15 is 0 Å². The van der Waals surface area contributed by atoms with E-state index in [1.54, 1.807) is 19.2 Å². The fraction of sp³-hybridized carbons (Fsp3) is 0.529. The highest BCUT2D eigenvalue weighted by Crippen LogP contribution is 2.15. The van der Waals surface area contributed by atoms with Crippen LogP contribution in [0.2, 0.25) is 0 Å². The number of carbonyl (C=O) groups is 1. The SMILES string of the molecule is COCCCNC(=O)C[NH+]1CCN(C(=S)Nc2ccc([N+](=O)[O-])cc2)CC1. The molecule has 1 aliphatic heterocycles. The molecule has 3 N–H and O–H groups in total. The van der Waals surface area contributed by atoms with E-state index in [0.29, 0.717) is 24.8 Å². The van der Waals surface area contributed by atoms with E-state index in [1.807, 2.05) is 0 Å². The second-order valence-electron chi connectivity index (χ2n) is 6.34. The van der Waals surface area contributed by atoms with Crippen molar-refractivity contribution in [1.82, 2.24) is 10.2 Å². The number of hydrogen-bond donors (Lipinski definition) is 3. The second kappa shape index (κ2) is 10.8. The average molecular weight is 396 g/mol. The van der Waals surface area contributed by atoms with Crippen LogP contribution in [0.1, 0.15) is 6.42 Å². The molecule has 0 atom stereocenters. The molecule has 0 saturated carbocycles. The molecule has 1 saturated heterocycles. The molecule has 0 bridgehead atoms. The highest BCUT2D eigenvalue weighted by molar-refractivity contribution is 7.80. The summed E-state index contributed by atoms with van der Waals surface area (Å²) in [7, 11) is 1.65. The van der Waals surface area contributed by atoms with E-state index in [0.717, 1.165) is 38.3 Å². The van der Waals surface area contributed by atoms with E-state index in [-0.39, 0.29) is 11.6 Å². The molecular weight excluding hydrogens is 370 g/mol. The van der Waals surface area contributed by atoms with Crippen LogP contribution in [0.5, 0.6) is 0 Å². The van der Waals surface area contributed by atoms with Crippen LogP contribution in [-0.4, -0.2) is 73.8 Å². The largest absolute Gasteiger partial charge is 0.385 e. The molecule has 148 valence electrons. The Balaban J connectivity index is 1.70. The van der Waals surface area contributed by atoms with Gasteiger partial charge in [0, 0.05) is 38.1 Å². The van der Waals surface area contributed by atoms with Crippen LogP contribution in [-0.2, 0) is 9.53 Å². The van der Waals surface area contributed by atoms with E-state index in [4.69, 9.17) is 17.0 Å². The number of nitrogens with zero attached hydrogens (tertiary/aromatic N) is 2. The number of nitrogens with one attached hydrogen (secondary N) is 3. The number of methoxy groups -OCH3 is 1. The minimum absolute atomic E-state index is 0.0455. The number of amides is 1. The van der Waals surface area contributed by atoms with Gasteiger partial charge in [0.15, 0.2) is 11.7 Å². The topological polar surface area (TPSA) is 101 Å². The first-order valence-electron chi connectivity index (χ1n) is 8.89. The standard InChI is InChI=1S/C17H25N5O4S/c1-26-12-2-7-18-16(23)13-20-8-10-21(11-9-20)17(27)19-14-3-5-15(6-4-14)22(24)25/h3-6H,2,7-13H2,1H3,(H,18,23)(H,19,27)/p+1. The third kappa shape index (κ3) is 7.08. The van der Waals surface area contributed by atoms with Gasteiger partial charge in [-0.25, -0.2) is 0 Å². The fourth-order valence-electron chi connectivity index (χ4n) is 2.81. The molecule has 1 fully saturated rings. The molecule has 2 rings (SSSR count). The first kappa shape index (κ1) is 21.0. The van der Waals surface area contributed by atoms with Crippen LogP contribution in [0.3, 0.4) is 0 Å². The number of piperazine rings is 1. The molecule has 1 amide bonds. The van der Waals surface area contributed by atoms with Crippen molar-refractivity contribution in [3.8, 4) is 0 Å². The van der Waals surface area contributed by atoms with Gasteiger partial charge < -0.3 is 25.2 Å². The number of rotatable bonds is 8. The molecule has 9 nitrogen and oxygen atoms in total. The molecule has 1 heterocycles. The molecule has 0 radical (unpaired) electrons. The lowest BCUT2D eigenvalue weighted by Crippen LogP contribution is -3.15. The molecule has 1 aromatic rings. The van der Waals surface area contributed by atoms with Crippen LogP contribution >= 0.6 is 12.2 Å². The molecular formula is C17H26N5O4S+. The smallest absolute Gasteiger partial charge is 0.275 e. The Labute approximate surface area is 163 Å². The van der Waals surface area contributed by atoms with Gasteiger partial charge in [0.05, 0.1) is 31.1 Å². The highest BCUT2D eigenvalue weighted by atomic mass is 32.1. The van der Waals surface area contributed by atoms with Gasteiger partial charge in [0.2, 0.25) is 0 Å². The summed E-state index contributed by atoms with van der Waals surface area (Å²) in [6.45, 7) is 4.90. The van der Waals surface area contributed by atoms with Gasteiger partial charge in [-0.2, -0.15) is 0 Å². The van der Waals surface area contributed by atoms with Gasteiger partial charge >= 0.3 is 0 Å². The van der Waals surface area contributed by atoms with Gasteiger partial charge in [0.25, 0.3) is 11.6 Å². The van der Waals surface area contributed by atoms with Crippen molar-refractivity contribution in [3.63, 3.8) is 0 Å². The summed E-state index contributed by atoms with van der Waals surface area (Å²) in [4.78, 5) is 25.5. The molecule has 27 heavy (non-hydrogen) atoms. The number of anilines is 1. The number of carbonyl (C=O) groups excluding carboxylic acids is 1. The van der Waals surface area contributed by atoms with Crippen LogP contribution in [0.4, 0.5) is 11.4 Å². The zero-order valence-electron chi connectivity index (χ0n) is 15.4. The molecule has 0 spiro atoms. The number of non-ortho nitro benzene ring substituents is 1. The summed E-state index contributed by atoms with van der Waals surface area (Å²) in [5.74, 6) is 0.0566. The predicted molar refractivity (Wildman–Crippen MR) is 106 cm³/mol. The quantitative estimate of drug-likeness (QED) is 0.239. The zero-order chi connectivity index (χ0) is 19.6. The van der Waals surface area contributed by atoms with Gasteiger partial charge in [-0.15, -0.1) is 0 Å². The first-order valence-corrected chi connectivity index (χ1v) is 9.30. The number of hydrogen-bond acceptors (Lipinski definition) is 5. The highest BCUT2D eigenvalue weighted by Gasteiger charge is 2.23. The third-order valence-electron chi connectivity index (χ3n) is 4.35. The van der Waals surface area contributed by atoms with E-state index in [9.17, 15) is 14.9 Å². The second-order valence-corrected chi connectivity index (χ2v) is 6.73. The van der Waals surface area contributed by atoms with Crippen molar-refractivity contribution in [2.45, 2.75) is 6.42 Å². The Kier molecular flexibility index (Phi) is 8.37. The van der Waals surface area contributed by atoms with E-state index in [1.165, 1.54) is 17.0 Å². The molecule has 0 aliphatic carbocycles. The van der Waals surface area contributed by atoms with Crippen LogP contribution < -0.4 is 15.5 Å². The van der Waals surface area contributed by atoms with E-state index < -0.39 is 4.92 Å². The van der Waals surface area contributed by atoms with Crippen molar-refractivity contribution < 1.29 is 19.4 Å². The third-order valence-corrected chi connectivity index (χ3v) is 4.71. The lowest BCUT2D eigenvalue weighted by molar-refractivity contribution is -0.895. The summed E-state index contributed by atoms with van der Waals surface area (Å²) in [6.07, 6.45) is 0.813. The van der Waals surface area contributed by atoms with Crippen LogP contribution in [0.25, 0.3) is 0 Å². The van der Waals surface area contributed by atoms with Crippen LogP contribution in [0.15, 0.2) is 24.3 Å². The summed E-state index contributed by atoms with van der Waals surface area (Å²) in [5.41, 5.74) is 0.764. The first-order chi connectivity index (χ1) is 13.0. The van der Waals surface area contributed by atoms with Crippen molar-refractivity contribution >= 4 is 34.6 Å². The number of benzene rings is 1. The summed E-state index contributed by atoms with van der Waals surface area (Å²) < 4.78 is 4.96. The molecule has 0 aromatic heterocycles. The van der Waals surface area contributed by atoms with Gasteiger partial charge in [0.1, 0.15) is 0 Å². The number of nitro benzene ring substituents is 1. The zero-order valence-corrected chi connectivity index (χ0v) is 16.2. The maximum absolute atomic E-state index is 11.9. The number of quaternary nitrogens is 1. The number of ether oxygens (including phenoxy) is 1. The van der Waals surface area contributed by atoms with Crippen molar-refractivity contribution in [2.75, 3.05) is 58.3 Å². The van der Waals surface area contributed by atoms with Crippen molar-refractivity contribution in [2.24, 2.45) is 0 Å². The normalized spacial score (nSPS) is 14.6. The number of thiocarbonyl (C=S) groups is 1. The average Bonchev–Trinajstić information content (AvgIpc) is 2.66. The molecule has 0 unspecified atom stereocenters. The summed E-state index contributed by atoms with van der Waals surface area (Å²) >= 11 is 5.43. The Morgan fingerprint density at radius 3 is 2.59 bits per heavy atom. The maximum Gasteiger partial charge on any atom is 0.275 e. The summed E-state index contributed by atoms with van der Waals surface area (Å²) in [5, 5.41) is 17.3. The minimum Gasteiger partial charge on any atom is -0.385 e. The Bertz CT molecular complexity index is 647. The van der Waals surface area contributed by atoms with Gasteiger partial charge in [-0.1, -0.05) is 0 Å². The maximum atomic E-state index is 11.9. The lowest BCUT2D eigenvalue weighted by Gasteiger charge is -2.33. The Morgan fingerprint density at radius 2 is 2.00 bits per heavy atom. The van der Waals surface area contributed by atoms with E-state index in [2.05, 4.69) is 15.5 Å². The summed E-state index contributed by atoms with van der Waals surface area (Å²) in [6, 6.07) is 6.16. The Morgan fingerprint density at radius 1 is 1.33 bits per heavy atom. The molecule has 10 heteroatoms. The monoisotopic (exact) mass is 396 g/mol. The Hall–Kier alpha value is -2.30. The van der Waals surface area contributed by atoms with Crippen molar-refractivity contribution in [3.05, 3.63) is 34.4 Å².